The number of aromatic amines is 1. The second kappa shape index (κ2) is 8.41. The number of H-pyrrole nitrogens is 1. The molecule has 4 aliphatic rings. The Bertz CT molecular complexity index is 1160. The Morgan fingerprint density at radius 1 is 1.06 bits per heavy atom. The zero-order chi connectivity index (χ0) is 22.4. The van der Waals surface area contributed by atoms with Crippen LogP contribution in [0.4, 0.5) is 0 Å². The number of para-hydroxylation sites is 2. The largest absolute Gasteiger partial charge is 0.389 e. The van der Waals surface area contributed by atoms with Gasteiger partial charge in [-0.3, -0.25) is 0 Å². The lowest BCUT2D eigenvalue weighted by atomic mass is 9.55. The van der Waals surface area contributed by atoms with Gasteiger partial charge in [0, 0.05) is 18.9 Å². The summed E-state index contributed by atoms with van der Waals surface area (Å²) in [6, 6.07) is 17.2. The Balaban J connectivity index is 1.08. The van der Waals surface area contributed by atoms with Crippen molar-refractivity contribution < 1.29 is 5.11 Å². The molecule has 7 rings (SSSR count). The van der Waals surface area contributed by atoms with Gasteiger partial charge in [0.15, 0.2) is 0 Å². The summed E-state index contributed by atoms with van der Waals surface area (Å²) < 4.78 is 0. The van der Waals surface area contributed by atoms with E-state index in [-0.39, 0.29) is 0 Å². The molecule has 0 saturated heterocycles. The van der Waals surface area contributed by atoms with Crippen LogP contribution in [-0.2, 0) is 12.8 Å². The molecule has 1 heterocycles. The summed E-state index contributed by atoms with van der Waals surface area (Å²) in [6.45, 7) is 1.97. The SMILES string of the molecule is CN(CCCc1nc2ccccc2[nH]1)CC[C@@]1(O)C[C@@H]2CC[C@@H]1C1=C2CCc2ccccc21. The molecule has 33 heavy (non-hydrogen) atoms. The second-order valence-corrected chi connectivity index (χ2v) is 10.6. The number of hydrogen-bond acceptors (Lipinski definition) is 3. The summed E-state index contributed by atoms with van der Waals surface area (Å²) in [5.74, 6) is 1.97. The topological polar surface area (TPSA) is 52.2 Å². The molecule has 0 radical (unpaired) electrons. The maximum atomic E-state index is 11.9. The molecule has 4 aliphatic carbocycles. The van der Waals surface area contributed by atoms with Crippen molar-refractivity contribution in [2.24, 2.45) is 11.8 Å². The van der Waals surface area contributed by atoms with Gasteiger partial charge in [0.05, 0.1) is 16.6 Å². The van der Waals surface area contributed by atoms with Gasteiger partial charge in [0.2, 0.25) is 0 Å². The van der Waals surface area contributed by atoms with Crippen LogP contribution in [0, 0.1) is 11.8 Å². The third-order valence-electron chi connectivity index (χ3n) is 8.53. The Labute approximate surface area is 196 Å². The zero-order valence-corrected chi connectivity index (χ0v) is 19.7. The fourth-order valence-electron chi connectivity index (χ4n) is 6.84. The van der Waals surface area contributed by atoms with Gasteiger partial charge >= 0.3 is 0 Å². The number of hydrogen-bond donors (Lipinski definition) is 2. The smallest absolute Gasteiger partial charge is 0.107 e. The van der Waals surface area contributed by atoms with Gasteiger partial charge in [-0.1, -0.05) is 42.0 Å². The normalized spacial score (nSPS) is 26.2. The highest BCUT2D eigenvalue weighted by Gasteiger charge is 2.51. The fourth-order valence-corrected chi connectivity index (χ4v) is 6.84. The van der Waals surface area contributed by atoms with Crippen molar-refractivity contribution >= 4 is 16.6 Å². The number of rotatable bonds is 7. The van der Waals surface area contributed by atoms with Gasteiger partial charge in [-0.05, 0) is 93.3 Å². The molecule has 1 saturated carbocycles. The van der Waals surface area contributed by atoms with E-state index >= 15 is 0 Å². The van der Waals surface area contributed by atoms with E-state index in [2.05, 4.69) is 53.3 Å². The van der Waals surface area contributed by atoms with Crippen molar-refractivity contribution in [1.82, 2.24) is 14.9 Å². The Hall–Kier alpha value is -2.43. The van der Waals surface area contributed by atoms with E-state index in [0.29, 0.717) is 11.8 Å². The lowest BCUT2D eigenvalue weighted by Crippen LogP contribution is -2.50. The van der Waals surface area contributed by atoms with Crippen LogP contribution >= 0.6 is 0 Å². The van der Waals surface area contributed by atoms with E-state index in [9.17, 15) is 5.11 Å². The molecule has 2 aromatic carbocycles. The standard InChI is InChI=1S/C29H35N3O/c1-32(17-6-11-27-30-25-9-4-5-10-26(25)31-27)18-16-29(33)19-21-13-15-24(29)28-22-8-3-2-7-20(22)12-14-23(21)28/h2-5,7-10,21,24,33H,6,11-19H2,1H3,(H,30,31)/t21-,24+,29+/m0/s1. The maximum absolute atomic E-state index is 11.9. The Kier molecular flexibility index (Phi) is 5.38. The number of aliphatic hydroxyl groups is 1. The third-order valence-corrected chi connectivity index (χ3v) is 8.53. The number of imidazole rings is 1. The predicted octanol–water partition coefficient (Wildman–Crippen LogP) is 5.38. The molecule has 0 unspecified atom stereocenters. The number of allylic oxidation sites excluding steroid dienone is 1. The summed E-state index contributed by atoms with van der Waals surface area (Å²) in [6.07, 6.45) is 8.64. The quantitative estimate of drug-likeness (QED) is 0.518. The van der Waals surface area contributed by atoms with Crippen molar-refractivity contribution in [3.05, 3.63) is 71.1 Å². The molecule has 1 fully saturated rings. The van der Waals surface area contributed by atoms with Crippen molar-refractivity contribution in [2.45, 2.75) is 57.0 Å². The first kappa shape index (κ1) is 21.1. The minimum absolute atomic E-state index is 0.308. The van der Waals surface area contributed by atoms with Crippen molar-refractivity contribution in [2.75, 3.05) is 20.1 Å². The van der Waals surface area contributed by atoms with Gasteiger partial charge in [-0.15, -0.1) is 0 Å². The van der Waals surface area contributed by atoms with Crippen LogP contribution in [0.1, 0.15) is 55.5 Å². The van der Waals surface area contributed by atoms with E-state index in [1.807, 2.05) is 12.1 Å². The highest BCUT2D eigenvalue weighted by molar-refractivity contribution is 5.78. The molecular weight excluding hydrogens is 406 g/mol. The van der Waals surface area contributed by atoms with Gasteiger partial charge in [0.1, 0.15) is 5.82 Å². The summed E-state index contributed by atoms with van der Waals surface area (Å²) >= 11 is 0. The van der Waals surface area contributed by atoms with Crippen LogP contribution in [0.25, 0.3) is 16.6 Å². The molecule has 4 nitrogen and oxygen atoms in total. The van der Waals surface area contributed by atoms with E-state index in [1.54, 1.807) is 5.57 Å². The van der Waals surface area contributed by atoms with Gasteiger partial charge in [0.25, 0.3) is 0 Å². The molecule has 1 aromatic heterocycles. The molecule has 4 heteroatoms. The van der Waals surface area contributed by atoms with E-state index in [4.69, 9.17) is 4.98 Å². The van der Waals surface area contributed by atoms with Crippen LogP contribution in [-0.4, -0.2) is 45.7 Å². The summed E-state index contributed by atoms with van der Waals surface area (Å²) in [7, 11) is 2.20. The zero-order valence-electron chi connectivity index (χ0n) is 19.7. The number of aryl methyl sites for hydroxylation is 2. The van der Waals surface area contributed by atoms with E-state index in [1.165, 1.54) is 36.0 Å². The average Bonchev–Trinajstić information content (AvgIpc) is 3.26. The molecule has 0 amide bonds. The molecule has 2 bridgehead atoms. The lowest BCUT2D eigenvalue weighted by Gasteiger charge is -2.53. The highest BCUT2D eigenvalue weighted by Crippen LogP contribution is 2.57. The van der Waals surface area contributed by atoms with Crippen LogP contribution in [0.3, 0.4) is 0 Å². The summed E-state index contributed by atoms with van der Waals surface area (Å²) in [4.78, 5) is 10.5. The minimum atomic E-state index is -0.556. The van der Waals surface area contributed by atoms with Gasteiger partial charge in [-0.25, -0.2) is 4.98 Å². The molecule has 0 spiro atoms. The fraction of sp³-hybridized carbons (Fsp3) is 0.483. The first-order chi connectivity index (χ1) is 16.1. The first-order valence-corrected chi connectivity index (χ1v) is 12.8. The second-order valence-electron chi connectivity index (χ2n) is 10.6. The predicted molar refractivity (Wildman–Crippen MR) is 134 cm³/mol. The number of fused-ring (bicyclic) bond motifs is 4. The Morgan fingerprint density at radius 3 is 2.82 bits per heavy atom. The Morgan fingerprint density at radius 2 is 1.91 bits per heavy atom. The summed E-state index contributed by atoms with van der Waals surface area (Å²) in [5, 5.41) is 11.9. The van der Waals surface area contributed by atoms with Crippen LogP contribution in [0.2, 0.25) is 0 Å². The number of nitrogens with zero attached hydrogens (tertiary/aromatic N) is 2. The molecular formula is C29H35N3O. The molecule has 0 aliphatic heterocycles. The van der Waals surface area contributed by atoms with Gasteiger partial charge < -0.3 is 15.0 Å². The van der Waals surface area contributed by atoms with Crippen molar-refractivity contribution in [1.29, 1.82) is 0 Å². The maximum Gasteiger partial charge on any atom is 0.107 e. The first-order valence-electron chi connectivity index (χ1n) is 12.8. The minimum Gasteiger partial charge on any atom is -0.389 e. The summed E-state index contributed by atoms with van der Waals surface area (Å²) in [5.41, 5.74) is 7.73. The number of nitrogens with one attached hydrogen (secondary N) is 1. The molecule has 3 atom stereocenters. The van der Waals surface area contributed by atoms with Crippen molar-refractivity contribution in [3.8, 4) is 0 Å². The lowest BCUT2D eigenvalue weighted by molar-refractivity contribution is -0.0588. The van der Waals surface area contributed by atoms with E-state index < -0.39 is 5.60 Å². The average molecular weight is 442 g/mol. The van der Waals surface area contributed by atoms with Crippen LogP contribution in [0.15, 0.2) is 54.1 Å². The number of benzene rings is 2. The van der Waals surface area contributed by atoms with Crippen molar-refractivity contribution in [3.63, 3.8) is 0 Å². The monoisotopic (exact) mass is 441 g/mol. The molecule has 3 aromatic rings. The highest BCUT2D eigenvalue weighted by atomic mass is 16.3. The third kappa shape index (κ3) is 3.83. The number of aromatic nitrogens is 2. The van der Waals surface area contributed by atoms with E-state index in [0.717, 1.165) is 62.1 Å². The van der Waals surface area contributed by atoms with Crippen LogP contribution < -0.4 is 0 Å². The molecule has 2 N–H and O–H groups in total. The molecule has 172 valence electrons. The van der Waals surface area contributed by atoms with Gasteiger partial charge in [-0.2, -0.15) is 0 Å². The van der Waals surface area contributed by atoms with Crippen LogP contribution in [0.5, 0.6) is 0 Å².